The Morgan fingerprint density at radius 3 is 2.79 bits per heavy atom. The molecule has 5 rings (SSSR count). The first-order valence-corrected chi connectivity index (χ1v) is 14.8. The van der Waals surface area contributed by atoms with Gasteiger partial charge in [-0.3, -0.25) is 19.3 Å². The maximum absolute atomic E-state index is 14.0. The molecule has 0 aliphatic carbocycles. The summed E-state index contributed by atoms with van der Waals surface area (Å²) in [6.07, 6.45) is 7.43. The van der Waals surface area contributed by atoms with Crippen LogP contribution in [0.1, 0.15) is 50.5 Å². The number of ether oxygens (including phenoxy) is 3. The topological polar surface area (TPSA) is 113 Å². The Morgan fingerprint density at radius 2 is 2.10 bits per heavy atom. The van der Waals surface area contributed by atoms with Crippen LogP contribution in [-0.2, 0) is 21.4 Å². The summed E-state index contributed by atoms with van der Waals surface area (Å²) in [6, 6.07) is 7.04. The summed E-state index contributed by atoms with van der Waals surface area (Å²) in [6.45, 7) is 4.32. The molecular formula is C31H41N4O7+. The summed E-state index contributed by atoms with van der Waals surface area (Å²) in [5.74, 6) is -0.611. The Morgan fingerprint density at radius 1 is 1.26 bits per heavy atom. The number of hydrogen-bond acceptors (Lipinski definition) is 7. The zero-order valence-electron chi connectivity index (χ0n) is 24.7. The fourth-order valence-electron chi connectivity index (χ4n) is 6.49. The van der Waals surface area contributed by atoms with Crippen molar-refractivity contribution in [1.82, 2.24) is 9.80 Å². The number of carboxylic acids is 1. The van der Waals surface area contributed by atoms with E-state index in [1.807, 2.05) is 58.1 Å². The fourth-order valence-corrected chi connectivity index (χ4v) is 6.49. The molecule has 2 amide bonds. The average Bonchev–Trinajstić information content (AvgIpc) is 3.70. The Hall–Kier alpha value is -3.86. The molecule has 42 heavy (non-hydrogen) atoms. The summed E-state index contributed by atoms with van der Waals surface area (Å²) in [4.78, 5) is 44.9. The molecule has 0 saturated carbocycles. The maximum atomic E-state index is 14.0. The number of carbonyl (C=O) groups is 3. The molecule has 1 aromatic carbocycles. The number of unbranched alkanes of at least 4 members (excludes halogenated alkanes) is 1. The molecule has 226 valence electrons. The summed E-state index contributed by atoms with van der Waals surface area (Å²) in [5.41, 5.74) is 1.57. The van der Waals surface area contributed by atoms with E-state index in [2.05, 4.69) is 6.92 Å². The minimum absolute atomic E-state index is 0.0696. The van der Waals surface area contributed by atoms with E-state index in [0.29, 0.717) is 56.3 Å². The lowest BCUT2D eigenvalue weighted by atomic mass is 9.84. The van der Waals surface area contributed by atoms with Gasteiger partial charge in [0.1, 0.15) is 12.7 Å². The first-order chi connectivity index (χ1) is 20.3. The molecule has 0 spiro atoms. The SMILES string of the molecule is CCCCN(C(=O)CN1C[C@H](c2cc(OC)c3c(c2)OCO3)[C@@H](C(=O)O)[C@@H]1CCN1CCCC1=O)c1ccc[n+](C)c1. The number of anilines is 1. The third kappa shape index (κ3) is 6.16. The molecule has 2 aromatic rings. The summed E-state index contributed by atoms with van der Waals surface area (Å²) >= 11 is 0. The number of amides is 2. The minimum atomic E-state index is -0.928. The molecule has 3 aliphatic rings. The molecule has 3 aliphatic heterocycles. The second-order valence-electron chi connectivity index (χ2n) is 11.3. The van der Waals surface area contributed by atoms with E-state index in [1.165, 1.54) is 0 Å². The number of rotatable bonds is 12. The molecule has 4 heterocycles. The van der Waals surface area contributed by atoms with Crippen LogP contribution in [0.15, 0.2) is 36.7 Å². The smallest absolute Gasteiger partial charge is 0.308 e. The third-order valence-corrected chi connectivity index (χ3v) is 8.62. The van der Waals surface area contributed by atoms with E-state index in [-0.39, 0.29) is 25.2 Å². The number of likely N-dealkylation sites (tertiary alicyclic amines) is 2. The van der Waals surface area contributed by atoms with Gasteiger partial charge in [-0.15, -0.1) is 0 Å². The summed E-state index contributed by atoms with van der Waals surface area (Å²) in [5, 5.41) is 10.6. The Labute approximate surface area is 246 Å². The standard InChI is InChI=1S/C31H40N4O7/c1-4-5-13-35(22-8-6-11-32(2)17-22)28(37)19-34-18-23(21-15-25(40-3)30-26(16-21)41-20-42-30)29(31(38)39)24(34)10-14-33-12-7-9-27(33)36/h6,8,11,15-17,23-24,29H,4-5,7,9-10,12-14,18-20H2,1-3H3/p+1/t23-,24+,29-/m1/s1. The number of aliphatic carboxylic acids is 1. The lowest BCUT2D eigenvalue weighted by Crippen LogP contribution is -2.46. The van der Waals surface area contributed by atoms with Crippen LogP contribution in [0.4, 0.5) is 5.69 Å². The van der Waals surface area contributed by atoms with Gasteiger partial charge in [-0.1, -0.05) is 13.3 Å². The summed E-state index contributed by atoms with van der Waals surface area (Å²) in [7, 11) is 3.46. The van der Waals surface area contributed by atoms with Gasteiger partial charge in [-0.2, -0.15) is 0 Å². The van der Waals surface area contributed by atoms with E-state index in [9.17, 15) is 19.5 Å². The predicted molar refractivity (Wildman–Crippen MR) is 154 cm³/mol. The van der Waals surface area contributed by atoms with E-state index in [4.69, 9.17) is 14.2 Å². The number of methoxy groups -OCH3 is 1. The van der Waals surface area contributed by atoms with Crippen molar-refractivity contribution in [3.05, 3.63) is 42.2 Å². The first-order valence-electron chi connectivity index (χ1n) is 14.8. The Bertz CT molecular complexity index is 1320. The van der Waals surface area contributed by atoms with E-state index >= 15 is 0 Å². The number of hydrogen-bond donors (Lipinski definition) is 1. The number of nitrogens with zero attached hydrogens (tertiary/aromatic N) is 4. The van der Waals surface area contributed by atoms with E-state index in [0.717, 1.165) is 30.5 Å². The van der Waals surface area contributed by atoms with Gasteiger partial charge in [0.2, 0.25) is 24.4 Å². The van der Waals surface area contributed by atoms with Crippen molar-refractivity contribution in [3.8, 4) is 17.2 Å². The predicted octanol–water partition coefficient (Wildman–Crippen LogP) is 2.56. The molecule has 0 unspecified atom stereocenters. The van der Waals surface area contributed by atoms with Gasteiger partial charge in [-0.25, -0.2) is 4.57 Å². The van der Waals surface area contributed by atoms with E-state index < -0.39 is 23.8 Å². The molecule has 1 N–H and O–H groups in total. The van der Waals surface area contributed by atoms with Gasteiger partial charge in [0.25, 0.3) is 0 Å². The van der Waals surface area contributed by atoms with Crippen molar-refractivity contribution >= 4 is 23.5 Å². The second-order valence-corrected chi connectivity index (χ2v) is 11.3. The first kappa shape index (κ1) is 29.6. The number of fused-ring (bicyclic) bond motifs is 1. The van der Waals surface area contributed by atoms with Crippen LogP contribution >= 0.6 is 0 Å². The van der Waals surface area contributed by atoms with Crippen molar-refractivity contribution in [1.29, 1.82) is 0 Å². The lowest BCUT2D eigenvalue weighted by Gasteiger charge is -2.30. The van der Waals surface area contributed by atoms with E-state index in [1.54, 1.807) is 12.0 Å². The van der Waals surface area contributed by atoms with Gasteiger partial charge < -0.3 is 29.1 Å². The molecule has 0 bridgehead atoms. The number of aryl methyl sites for hydroxylation is 1. The van der Waals surface area contributed by atoms with Crippen LogP contribution in [0.25, 0.3) is 0 Å². The molecule has 2 fully saturated rings. The van der Waals surface area contributed by atoms with Gasteiger partial charge in [-0.05, 0) is 43.0 Å². The van der Waals surface area contributed by atoms with Gasteiger partial charge >= 0.3 is 5.97 Å². The number of carbonyl (C=O) groups excluding carboxylic acids is 2. The largest absolute Gasteiger partial charge is 0.493 e. The van der Waals surface area contributed by atoms with Gasteiger partial charge in [0.05, 0.1) is 19.6 Å². The number of aromatic nitrogens is 1. The van der Waals surface area contributed by atoms with Gasteiger partial charge in [0.15, 0.2) is 23.9 Å². The highest BCUT2D eigenvalue weighted by atomic mass is 16.7. The lowest BCUT2D eigenvalue weighted by molar-refractivity contribution is -0.670. The van der Waals surface area contributed by atoms with Crippen LogP contribution in [0.3, 0.4) is 0 Å². The monoisotopic (exact) mass is 581 g/mol. The molecule has 3 atom stereocenters. The molecule has 1 aromatic heterocycles. The van der Waals surface area contributed by atoms with Crippen LogP contribution in [0.2, 0.25) is 0 Å². The highest BCUT2D eigenvalue weighted by molar-refractivity contribution is 5.94. The minimum Gasteiger partial charge on any atom is -0.493 e. The normalized spacial score (nSPS) is 21.6. The molecule has 11 heteroatoms. The summed E-state index contributed by atoms with van der Waals surface area (Å²) < 4.78 is 18.7. The second kappa shape index (κ2) is 13.0. The zero-order chi connectivity index (χ0) is 29.8. The van der Waals surface area contributed by atoms with Crippen molar-refractivity contribution in [2.45, 2.75) is 51.0 Å². The Balaban J connectivity index is 1.46. The molecule has 11 nitrogen and oxygen atoms in total. The highest BCUT2D eigenvalue weighted by Gasteiger charge is 2.48. The third-order valence-electron chi connectivity index (χ3n) is 8.62. The van der Waals surface area contributed by atoms with Crippen molar-refractivity contribution < 1.29 is 38.3 Å². The van der Waals surface area contributed by atoms with Crippen LogP contribution in [-0.4, -0.2) is 85.4 Å². The van der Waals surface area contributed by atoms with Gasteiger partial charge in [0, 0.05) is 50.6 Å². The van der Waals surface area contributed by atoms with Crippen LogP contribution in [0, 0.1) is 5.92 Å². The quantitative estimate of drug-likeness (QED) is 0.381. The zero-order valence-corrected chi connectivity index (χ0v) is 24.7. The van der Waals surface area contributed by atoms with Crippen molar-refractivity contribution in [2.75, 3.05) is 51.5 Å². The number of carboxylic acid groups (broad SMARTS) is 1. The molecule has 2 saturated heterocycles. The molecular weight excluding hydrogens is 540 g/mol. The maximum Gasteiger partial charge on any atom is 0.308 e. The van der Waals surface area contributed by atoms with Crippen molar-refractivity contribution in [2.24, 2.45) is 13.0 Å². The fraction of sp³-hybridized carbons (Fsp3) is 0.548. The highest BCUT2D eigenvalue weighted by Crippen LogP contribution is 2.47. The molecule has 0 radical (unpaired) electrons. The Kier molecular flexibility index (Phi) is 9.15. The number of pyridine rings is 1. The van der Waals surface area contributed by atoms with Crippen LogP contribution in [0.5, 0.6) is 17.2 Å². The average molecular weight is 582 g/mol. The van der Waals surface area contributed by atoms with Crippen LogP contribution < -0.4 is 23.7 Å². The van der Waals surface area contributed by atoms with Crippen molar-refractivity contribution in [3.63, 3.8) is 0 Å². The number of benzene rings is 1.